The van der Waals surface area contributed by atoms with Crippen molar-refractivity contribution in [2.45, 2.75) is 110 Å². The van der Waals surface area contributed by atoms with Crippen LogP contribution >= 0.6 is 0 Å². The molecular formula is C31H45FO. The Morgan fingerprint density at radius 3 is 2.27 bits per heavy atom. The van der Waals surface area contributed by atoms with Crippen LogP contribution in [-0.4, -0.2) is 6.10 Å². The molecule has 2 aromatic carbocycles. The Kier molecular flexibility index (Phi) is 10.8. The minimum Gasteiger partial charge on any atom is -0.490 e. The zero-order valence-corrected chi connectivity index (χ0v) is 21.3. The predicted molar refractivity (Wildman–Crippen MR) is 139 cm³/mol. The number of unbranched alkanes of at least 4 members (excludes halogenated alkanes) is 4. The summed E-state index contributed by atoms with van der Waals surface area (Å²) in [7, 11) is 0. The van der Waals surface area contributed by atoms with Gasteiger partial charge >= 0.3 is 0 Å². The van der Waals surface area contributed by atoms with Gasteiger partial charge in [0.1, 0.15) is 17.7 Å². The monoisotopic (exact) mass is 452 g/mol. The minimum absolute atomic E-state index is 0.187. The zero-order chi connectivity index (χ0) is 23.5. The van der Waals surface area contributed by atoms with Gasteiger partial charge < -0.3 is 4.74 Å². The molecule has 0 saturated heterocycles. The number of hydrogen-bond acceptors (Lipinski definition) is 1. The molecule has 1 nitrogen and oxygen atoms in total. The fourth-order valence-corrected chi connectivity index (χ4v) is 5.50. The van der Waals surface area contributed by atoms with Gasteiger partial charge in [-0.1, -0.05) is 96.4 Å². The lowest BCUT2D eigenvalue weighted by Crippen LogP contribution is -2.34. The van der Waals surface area contributed by atoms with Crippen molar-refractivity contribution in [1.29, 1.82) is 0 Å². The number of benzene rings is 2. The van der Waals surface area contributed by atoms with Gasteiger partial charge in [0.05, 0.1) is 0 Å². The van der Waals surface area contributed by atoms with Crippen LogP contribution in [0.5, 0.6) is 5.75 Å². The second-order valence-corrected chi connectivity index (χ2v) is 10.2. The fourth-order valence-electron chi connectivity index (χ4n) is 5.50. The average molecular weight is 453 g/mol. The maximum Gasteiger partial charge on any atom is 0.134 e. The highest BCUT2D eigenvalue weighted by atomic mass is 19.1. The van der Waals surface area contributed by atoms with E-state index in [9.17, 15) is 0 Å². The maximum atomic E-state index is 15.1. The number of rotatable bonds is 13. The van der Waals surface area contributed by atoms with E-state index in [2.05, 4.69) is 45.0 Å². The summed E-state index contributed by atoms with van der Waals surface area (Å²) in [6.07, 6.45) is 16.5. The maximum absolute atomic E-state index is 15.1. The highest BCUT2D eigenvalue weighted by Gasteiger charge is 2.29. The van der Waals surface area contributed by atoms with Gasteiger partial charge in [0.25, 0.3) is 0 Å². The third-order valence-electron chi connectivity index (χ3n) is 7.47. The summed E-state index contributed by atoms with van der Waals surface area (Å²) in [6, 6.07) is 13.9. The fraction of sp³-hybridized carbons (Fsp3) is 0.613. The lowest BCUT2D eigenvalue weighted by molar-refractivity contribution is 0.0578. The first-order valence-corrected chi connectivity index (χ1v) is 13.7. The highest BCUT2D eigenvalue weighted by molar-refractivity contribution is 5.65. The summed E-state index contributed by atoms with van der Waals surface area (Å²) in [5, 5.41) is 0. The van der Waals surface area contributed by atoms with E-state index in [-0.39, 0.29) is 11.9 Å². The molecule has 0 aromatic heterocycles. The summed E-state index contributed by atoms with van der Waals surface area (Å²) >= 11 is 0. The number of ether oxygens (including phenoxy) is 1. The third kappa shape index (κ3) is 7.87. The van der Waals surface area contributed by atoms with E-state index in [1.807, 2.05) is 12.1 Å². The van der Waals surface area contributed by atoms with Gasteiger partial charge in [-0.25, -0.2) is 4.39 Å². The van der Waals surface area contributed by atoms with Crippen molar-refractivity contribution in [2.24, 2.45) is 11.8 Å². The molecule has 2 atom stereocenters. The number of aryl methyl sites for hydroxylation is 1. The van der Waals surface area contributed by atoms with E-state index >= 15 is 4.39 Å². The van der Waals surface area contributed by atoms with E-state index in [1.165, 1.54) is 69.8 Å². The summed E-state index contributed by atoms with van der Waals surface area (Å²) < 4.78 is 21.6. The van der Waals surface area contributed by atoms with Crippen molar-refractivity contribution < 1.29 is 9.13 Å². The predicted octanol–water partition coefficient (Wildman–Crippen LogP) is 9.77. The Morgan fingerprint density at radius 2 is 1.61 bits per heavy atom. The summed E-state index contributed by atoms with van der Waals surface area (Å²) in [6.45, 7) is 6.79. The first kappa shape index (κ1) is 25.8. The molecule has 3 rings (SSSR count). The Bertz CT molecular complexity index is 806. The topological polar surface area (TPSA) is 9.23 Å². The van der Waals surface area contributed by atoms with Gasteiger partial charge in [0, 0.05) is 11.6 Å². The van der Waals surface area contributed by atoms with Crippen LogP contribution in [0.25, 0.3) is 11.1 Å². The smallest absolute Gasteiger partial charge is 0.134 e. The minimum atomic E-state index is -0.189. The molecule has 2 aromatic rings. The van der Waals surface area contributed by atoms with Crippen LogP contribution < -0.4 is 4.74 Å². The van der Waals surface area contributed by atoms with Crippen molar-refractivity contribution in [3.05, 3.63) is 53.8 Å². The molecule has 0 aliphatic heterocycles. The van der Waals surface area contributed by atoms with Crippen molar-refractivity contribution in [3.63, 3.8) is 0 Å². The molecule has 182 valence electrons. The molecule has 0 radical (unpaired) electrons. The largest absolute Gasteiger partial charge is 0.490 e. The van der Waals surface area contributed by atoms with Crippen LogP contribution in [0.4, 0.5) is 4.39 Å². The van der Waals surface area contributed by atoms with Gasteiger partial charge in [-0.3, -0.25) is 0 Å². The molecular weight excluding hydrogens is 407 g/mol. The van der Waals surface area contributed by atoms with E-state index in [4.69, 9.17) is 4.74 Å². The Morgan fingerprint density at radius 1 is 0.879 bits per heavy atom. The Hall–Kier alpha value is -1.83. The molecule has 2 heteroatoms. The molecule has 0 spiro atoms. The second kappa shape index (κ2) is 13.8. The van der Waals surface area contributed by atoms with Crippen molar-refractivity contribution >= 4 is 0 Å². The summed E-state index contributed by atoms with van der Waals surface area (Å²) in [5.41, 5.74) is 2.94. The first-order valence-electron chi connectivity index (χ1n) is 13.7. The van der Waals surface area contributed by atoms with Crippen LogP contribution in [-0.2, 0) is 6.42 Å². The van der Waals surface area contributed by atoms with Crippen LogP contribution in [0.2, 0.25) is 0 Å². The van der Waals surface area contributed by atoms with E-state index in [0.29, 0.717) is 23.1 Å². The molecule has 0 bridgehead atoms. The molecule has 33 heavy (non-hydrogen) atoms. The van der Waals surface area contributed by atoms with Gasteiger partial charge in [-0.05, 0) is 67.2 Å². The Labute approximate surface area is 202 Å². The van der Waals surface area contributed by atoms with E-state index in [1.54, 1.807) is 6.07 Å². The zero-order valence-electron chi connectivity index (χ0n) is 21.3. The lowest BCUT2D eigenvalue weighted by Gasteiger charge is -2.34. The molecule has 1 saturated carbocycles. The molecule has 1 aliphatic rings. The molecule has 1 aliphatic carbocycles. The number of halogens is 1. The summed E-state index contributed by atoms with van der Waals surface area (Å²) in [4.78, 5) is 0. The van der Waals surface area contributed by atoms with Crippen molar-refractivity contribution in [3.8, 4) is 16.9 Å². The van der Waals surface area contributed by atoms with Gasteiger partial charge in [0.15, 0.2) is 0 Å². The molecule has 2 unspecified atom stereocenters. The van der Waals surface area contributed by atoms with Gasteiger partial charge in [-0.2, -0.15) is 0 Å². The normalized spacial score (nSPS) is 16.5. The first-order chi connectivity index (χ1) is 16.1. The standard InChI is InChI=1S/C31H45FO/c1-4-6-7-8-10-14-25-17-19-26(20-18-25)29-22-21-28(23-30(29)32)33-31(24(3)13-5-2)27-15-11-9-12-16-27/h17-24,27,31H,4-16H2,1-3H3. The van der Waals surface area contributed by atoms with Gasteiger partial charge in [0.2, 0.25) is 0 Å². The van der Waals surface area contributed by atoms with E-state index in [0.717, 1.165) is 24.8 Å². The van der Waals surface area contributed by atoms with Crippen molar-refractivity contribution in [2.75, 3.05) is 0 Å². The van der Waals surface area contributed by atoms with Gasteiger partial charge in [-0.15, -0.1) is 0 Å². The van der Waals surface area contributed by atoms with Crippen molar-refractivity contribution in [1.82, 2.24) is 0 Å². The Balaban J connectivity index is 1.64. The quantitative estimate of drug-likeness (QED) is 0.275. The number of hydrogen-bond donors (Lipinski definition) is 0. The SMILES string of the molecule is CCCCCCCc1ccc(-c2ccc(OC(C(C)CCC)C3CCCCC3)cc2F)cc1. The second-order valence-electron chi connectivity index (χ2n) is 10.2. The van der Waals surface area contributed by atoms with Crippen LogP contribution in [0.15, 0.2) is 42.5 Å². The van der Waals surface area contributed by atoms with Crippen LogP contribution in [0, 0.1) is 17.7 Å². The molecule has 0 amide bonds. The lowest BCUT2D eigenvalue weighted by atomic mass is 9.79. The third-order valence-corrected chi connectivity index (χ3v) is 7.47. The van der Waals surface area contributed by atoms with E-state index < -0.39 is 0 Å². The molecule has 0 N–H and O–H groups in total. The highest BCUT2D eigenvalue weighted by Crippen LogP contribution is 2.35. The van der Waals surface area contributed by atoms with Crippen LogP contribution in [0.3, 0.4) is 0 Å². The molecule has 0 heterocycles. The average Bonchev–Trinajstić information content (AvgIpc) is 2.84. The molecule has 1 fully saturated rings. The summed E-state index contributed by atoms with van der Waals surface area (Å²) in [5.74, 6) is 1.58. The van der Waals surface area contributed by atoms with Crippen LogP contribution in [0.1, 0.15) is 103 Å².